The van der Waals surface area contributed by atoms with Gasteiger partial charge >= 0.3 is 5.97 Å². The van der Waals surface area contributed by atoms with Gasteiger partial charge in [0, 0.05) is 18.4 Å². The Morgan fingerprint density at radius 1 is 0.750 bits per heavy atom. The predicted octanol–water partition coefficient (Wildman–Crippen LogP) is 7.03. The minimum absolute atomic E-state index is 0.000976. The van der Waals surface area contributed by atoms with Crippen molar-refractivity contribution in [3.8, 4) is 34.5 Å². The maximum atomic E-state index is 14.4. The van der Waals surface area contributed by atoms with Gasteiger partial charge in [0.15, 0.2) is 29.6 Å². The van der Waals surface area contributed by atoms with Crippen LogP contribution in [0.1, 0.15) is 81.1 Å². The van der Waals surface area contributed by atoms with Crippen LogP contribution in [0.4, 0.5) is 0 Å². The first-order valence-electron chi connectivity index (χ1n) is 18.0. The highest BCUT2D eigenvalue weighted by atomic mass is 16.5. The average molecular weight is 720 g/mol. The lowest BCUT2D eigenvalue weighted by Gasteiger charge is -2.33. The Kier molecular flexibility index (Phi) is 15.0. The van der Waals surface area contributed by atoms with Crippen LogP contribution >= 0.6 is 0 Å². The molecule has 1 amide bonds. The molecule has 3 aromatic rings. The van der Waals surface area contributed by atoms with Crippen LogP contribution in [0.15, 0.2) is 54.6 Å². The van der Waals surface area contributed by atoms with Gasteiger partial charge in [0.2, 0.25) is 5.75 Å². The molecule has 0 aliphatic heterocycles. The number of ether oxygens (including phenoxy) is 7. The molecule has 1 aliphatic rings. The topological polar surface area (TPSA) is 128 Å². The van der Waals surface area contributed by atoms with Gasteiger partial charge in [-0.05, 0) is 92.1 Å². The van der Waals surface area contributed by atoms with Crippen molar-refractivity contribution in [3.05, 3.63) is 71.3 Å². The van der Waals surface area contributed by atoms with Gasteiger partial charge in [-0.15, -0.1) is 0 Å². The zero-order valence-corrected chi connectivity index (χ0v) is 31.5. The Bertz CT molecular complexity index is 1630. The van der Waals surface area contributed by atoms with Crippen molar-refractivity contribution < 1.29 is 47.5 Å². The first kappa shape index (κ1) is 39.8. The Hall–Kier alpha value is -4.93. The van der Waals surface area contributed by atoms with Crippen LogP contribution in [0.2, 0.25) is 0 Å². The number of hydrogen-bond acceptors (Lipinski definition) is 10. The third kappa shape index (κ3) is 9.89. The van der Waals surface area contributed by atoms with Crippen LogP contribution in [0.5, 0.6) is 34.5 Å². The molecule has 3 aromatic carbocycles. The number of ketones is 1. The summed E-state index contributed by atoms with van der Waals surface area (Å²) < 4.78 is 39.7. The highest BCUT2D eigenvalue weighted by Gasteiger charge is 2.40. The number of carbonyl (C=O) groups excluding carboxylic acids is 3. The number of hydrogen-bond donors (Lipinski definition) is 1. The molecule has 0 heterocycles. The second-order valence-electron chi connectivity index (χ2n) is 12.8. The number of Topliss-reactive ketones (excluding diaryl/α,β-unsaturated/α-hetero) is 1. The van der Waals surface area contributed by atoms with E-state index in [1.165, 1.54) is 7.11 Å². The molecule has 0 saturated heterocycles. The second-order valence-corrected chi connectivity index (χ2v) is 12.8. The van der Waals surface area contributed by atoms with Crippen LogP contribution in [-0.4, -0.2) is 66.4 Å². The molecule has 1 saturated carbocycles. The van der Waals surface area contributed by atoms with Crippen molar-refractivity contribution in [2.45, 2.75) is 70.8 Å². The lowest BCUT2D eigenvalue weighted by Crippen LogP contribution is -2.37. The van der Waals surface area contributed by atoms with Gasteiger partial charge in [-0.3, -0.25) is 14.4 Å². The fourth-order valence-electron chi connectivity index (χ4n) is 6.97. The lowest BCUT2D eigenvalue weighted by molar-refractivity contribution is -0.160. The molecule has 1 unspecified atom stereocenters. The maximum Gasteiger partial charge on any atom is 0.310 e. The predicted molar refractivity (Wildman–Crippen MR) is 197 cm³/mol. The third-order valence-electron chi connectivity index (χ3n) is 9.65. The molecule has 11 nitrogen and oxygen atoms in total. The zero-order valence-electron chi connectivity index (χ0n) is 31.5. The summed E-state index contributed by atoms with van der Waals surface area (Å²) >= 11 is 0. The van der Waals surface area contributed by atoms with Crippen molar-refractivity contribution in [3.63, 3.8) is 0 Å². The Morgan fingerprint density at radius 3 is 2.04 bits per heavy atom. The number of benzene rings is 3. The van der Waals surface area contributed by atoms with Crippen LogP contribution in [-0.2, 0) is 25.5 Å². The summed E-state index contributed by atoms with van der Waals surface area (Å²) in [5, 5.41) is 2.73. The molecule has 282 valence electrons. The normalized spacial score (nSPS) is 16.5. The van der Waals surface area contributed by atoms with E-state index in [0.29, 0.717) is 73.1 Å². The Morgan fingerprint density at radius 2 is 1.42 bits per heavy atom. The van der Waals surface area contributed by atoms with Gasteiger partial charge < -0.3 is 38.5 Å². The third-order valence-corrected chi connectivity index (χ3v) is 9.65. The first-order chi connectivity index (χ1) is 25.2. The van der Waals surface area contributed by atoms with E-state index in [1.54, 1.807) is 40.6 Å². The number of esters is 1. The zero-order chi connectivity index (χ0) is 37.6. The number of likely N-dealkylation sites (N-methyl/N-ethyl adjacent to an activating group) is 1. The summed E-state index contributed by atoms with van der Waals surface area (Å²) in [5.41, 5.74) is 2.45. The monoisotopic (exact) mass is 719 g/mol. The van der Waals surface area contributed by atoms with E-state index >= 15 is 0 Å². The van der Waals surface area contributed by atoms with E-state index in [0.717, 1.165) is 29.5 Å². The summed E-state index contributed by atoms with van der Waals surface area (Å²) in [7, 11) is 7.81. The van der Waals surface area contributed by atoms with Crippen LogP contribution in [0, 0.1) is 11.8 Å². The van der Waals surface area contributed by atoms with Gasteiger partial charge in [0.05, 0.1) is 41.5 Å². The van der Waals surface area contributed by atoms with E-state index in [1.807, 2.05) is 56.3 Å². The molecule has 52 heavy (non-hydrogen) atoms. The molecule has 11 heteroatoms. The molecular formula is C41H53NO10. The van der Waals surface area contributed by atoms with Crippen LogP contribution in [0.25, 0.3) is 0 Å². The van der Waals surface area contributed by atoms with Crippen molar-refractivity contribution in [2.75, 3.05) is 48.7 Å². The highest BCUT2D eigenvalue weighted by Crippen LogP contribution is 2.43. The quantitative estimate of drug-likeness (QED) is 0.129. The second kappa shape index (κ2) is 19.6. The van der Waals surface area contributed by atoms with E-state index in [4.69, 9.17) is 33.2 Å². The van der Waals surface area contributed by atoms with Gasteiger partial charge in [-0.1, -0.05) is 38.0 Å². The smallest absolute Gasteiger partial charge is 0.310 e. The number of aryl methyl sites for hydroxylation is 1. The van der Waals surface area contributed by atoms with Gasteiger partial charge in [0.25, 0.3) is 5.91 Å². The van der Waals surface area contributed by atoms with E-state index in [-0.39, 0.29) is 18.3 Å². The SMILES string of the molecule is CCNC(=O)COc1cccc([C@@H](CCc2ccc(OC)c(OC)c2)OC(=O)[C@@H]2CCCCC2C(=O)[C@@H](CC)c2cc(OC)c(OC)c(OC)c2)c1. The molecule has 4 atom stereocenters. The minimum Gasteiger partial charge on any atom is -0.493 e. The molecule has 0 bridgehead atoms. The van der Waals surface area contributed by atoms with E-state index < -0.39 is 29.8 Å². The van der Waals surface area contributed by atoms with E-state index in [2.05, 4.69) is 5.32 Å². The average Bonchev–Trinajstić information content (AvgIpc) is 3.18. The van der Waals surface area contributed by atoms with Crippen LogP contribution < -0.4 is 33.7 Å². The molecule has 1 fully saturated rings. The summed E-state index contributed by atoms with van der Waals surface area (Å²) in [6.07, 6.45) is 3.72. The van der Waals surface area contributed by atoms with Crippen LogP contribution in [0.3, 0.4) is 0 Å². The van der Waals surface area contributed by atoms with Crippen molar-refractivity contribution >= 4 is 17.7 Å². The van der Waals surface area contributed by atoms with Gasteiger partial charge in [0.1, 0.15) is 17.6 Å². The number of rotatable bonds is 19. The molecule has 0 aromatic heterocycles. The summed E-state index contributed by atoms with van der Waals surface area (Å²) in [6, 6.07) is 16.6. The van der Waals surface area contributed by atoms with Crippen molar-refractivity contribution in [2.24, 2.45) is 11.8 Å². The number of nitrogens with one attached hydrogen (secondary N) is 1. The highest BCUT2D eigenvalue weighted by molar-refractivity contribution is 5.92. The molecular weight excluding hydrogens is 666 g/mol. The van der Waals surface area contributed by atoms with Gasteiger partial charge in [-0.25, -0.2) is 0 Å². The number of carbonyl (C=O) groups is 3. The fraction of sp³-hybridized carbons (Fsp3) is 0.488. The largest absolute Gasteiger partial charge is 0.493 e. The van der Waals surface area contributed by atoms with Crippen molar-refractivity contribution in [1.82, 2.24) is 5.32 Å². The molecule has 0 radical (unpaired) electrons. The lowest BCUT2D eigenvalue weighted by atomic mass is 9.72. The fourth-order valence-corrected chi connectivity index (χ4v) is 6.97. The summed E-state index contributed by atoms with van der Waals surface area (Å²) in [4.78, 5) is 40.7. The summed E-state index contributed by atoms with van der Waals surface area (Å²) in [5.74, 6) is 0.888. The Balaban J connectivity index is 1.61. The van der Waals surface area contributed by atoms with E-state index in [9.17, 15) is 14.4 Å². The number of amides is 1. The Labute approximate surface area is 307 Å². The van der Waals surface area contributed by atoms with Gasteiger partial charge in [-0.2, -0.15) is 0 Å². The summed E-state index contributed by atoms with van der Waals surface area (Å²) in [6.45, 7) is 4.18. The maximum absolute atomic E-state index is 14.4. The minimum atomic E-state index is -0.650. The molecule has 4 rings (SSSR count). The first-order valence-corrected chi connectivity index (χ1v) is 18.0. The van der Waals surface area contributed by atoms with Crippen molar-refractivity contribution in [1.29, 1.82) is 0 Å². The molecule has 1 N–H and O–H groups in total. The standard InChI is InChI=1S/C41H53NO10/c1-8-30(28-23-36(48-5)40(50-7)37(24-28)49-6)39(44)31-15-10-11-16-32(31)41(45)52-33(19-17-26-18-20-34(46-3)35(21-26)47-4)27-13-12-14-29(22-27)51-25-38(43)42-9-2/h12-14,18,20-24,30-33H,8-11,15-17,19,25H2,1-7H3,(H,42,43)/t30-,31?,32+,33+/m0/s1. The molecule has 0 spiro atoms. The molecule has 1 aliphatic carbocycles. The number of methoxy groups -OCH3 is 5.